The van der Waals surface area contributed by atoms with Crippen LogP contribution in [0.5, 0.6) is 0 Å². The molecule has 0 aliphatic heterocycles. The molecule has 0 radical (unpaired) electrons. The van der Waals surface area contributed by atoms with Crippen LogP contribution in [0.1, 0.15) is 59.7 Å². The average Bonchev–Trinajstić information content (AvgIpc) is 2.69. The van der Waals surface area contributed by atoms with E-state index in [0.717, 1.165) is 12.8 Å². The minimum absolute atomic E-state index is 0.0244. The predicted octanol–water partition coefficient (Wildman–Crippen LogP) is 4.60. The molecule has 0 spiro atoms. The van der Waals surface area contributed by atoms with Crippen molar-refractivity contribution in [3.63, 3.8) is 0 Å². The molecule has 0 bridgehead atoms. The predicted molar refractivity (Wildman–Crippen MR) is 110 cm³/mol. The highest BCUT2D eigenvalue weighted by Gasteiger charge is 2.16. The summed E-state index contributed by atoms with van der Waals surface area (Å²) in [4.78, 5) is 35.7. The summed E-state index contributed by atoms with van der Waals surface area (Å²) in [5.41, 5.74) is 2.35. The third kappa shape index (κ3) is 5.42. The van der Waals surface area contributed by atoms with Crippen LogP contribution in [0.25, 0.3) is 0 Å². The van der Waals surface area contributed by atoms with Gasteiger partial charge in [0.25, 0.3) is 5.91 Å². The molecule has 1 aliphatic carbocycles. The number of benzene rings is 2. The SMILES string of the molecule is CC(=O)c1ccc(NC(=O)Nc2ccc(C(=O)NC3CCCCC3)cc2)cc1. The van der Waals surface area contributed by atoms with E-state index in [9.17, 15) is 14.4 Å². The lowest BCUT2D eigenvalue weighted by Crippen LogP contribution is -2.36. The number of ketones is 1. The highest BCUT2D eigenvalue weighted by molar-refractivity contribution is 6.01. The normalized spacial score (nSPS) is 14.2. The molecule has 0 unspecified atom stereocenters. The molecule has 0 atom stereocenters. The molecule has 3 amide bonds. The molecule has 1 fully saturated rings. The maximum Gasteiger partial charge on any atom is 0.323 e. The Bertz CT molecular complexity index is 838. The Kier molecular flexibility index (Phi) is 6.42. The van der Waals surface area contributed by atoms with Gasteiger partial charge in [0.2, 0.25) is 0 Å². The van der Waals surface area contributed by atoms with Crippen molar-refractivity contribution in [3.8, 4) is 0 Å². The molecule has 0 heterocycles. The van der Waals surface area contributed by atoms with Gasteiger partial charge < -0.3 is 16.0 Å². The molecule has 2 aromatic carbocycles. The van der Waals surface area contributed by atoms with Crippen LogP contribution in [0.15, 0.2) is 48.5 Å². The second-order valence-corrected chi connectivity index (χ2v) is 7.10. The lowest BCUT2D eigenvalue weighted by molar-refractivity contribution is 0.0927. The van der Waals surface area contributed by atoms with E-state index in [1.807, 2.05) is 0 Å². The lowest BCUT2D eigenvalue weighted by atomic mass is 9.95. The van der Waals surface area contributed by atoms with E-state index >= 15 is 0 Å². The van der Waals surface area contributed by atoms with Crippen molar-refractivity contribution in [2.24, 2.45) is 0 Å². The Labute approximate surface area is 164 Å². The first-order chi connectivity index (χ1) is 13.5. The minimum atomic E-state index is -0.394. The Morgan fingerprint density at radius 3 is 1.75 bits per heavy atom. The first-order valence-corrected chi connectivity index (χ1v) is 9.61. The van der Waals surface area contributed by atoms with E-state index in [1.165, 1.54) is 26.2 Å². The van der Waals surface area contributed by atoms with Crippen LogP contribution in [0, 0.1) is 0 Å². The topological polar surface area (TPSA) is 87.3 Å². The largest absolute Gasteiger partial charge is 0.349 e. The van der Waals surface area contributed by atoms with Gasteiger partial charge in [-0.1, -0.05) is 19.3 Å². The van der Waals surface area contributed by atoms with E-state index < -0.39 is 6.03 Å². The fourth-order valence-electron chi connectivity index (χ4n) is 3.30. The number of rotatable bonds is 5. The molecule has 0 aromatic heterocycles. The molecule has 1 saturated carbocycles. The molecule has 3 rings (SSSR count). The van der Waals surface area contributed by atoms with Crippen molar-refractivity contribution < 1.29 is 14.4 Å². The van der Waals surface area contributed by atoms with Gasteiger partial charge in [0.1, 0.15) is 0 Å². The second kappa shape index (κ2) is 9.17. The summed E-state index contributed by atoms with van der Waals surface area (Å²) >= 11 is 0. The summed E-state index contributed by atoms with van der Waals surface area (Å²) in [5, 5.41) is 8.51. The number of Topliss-reactive ketones (excluding diaryl/α,β-unsaturated/α-hetero) is 1. The van der Waals surface area contributed by atoms with Crippen molar-refractivity contribution >= 4 is 29.1 Å². The molecule has 6 nitrogen and oxygen atoms in total. The van der Waals surface area contributed by atoms with Crippen molar-refractivity contribution in [2.75, 3.05) is 10.6 Å². The summed E-state index contributed by atoms with van der Waals surface area (Å²) in [7, 11) is 0. The van der Waals surface area contributed by atoms with Crippen LogP contribution in [-0.2, 0) is 0 Å². The molecule has 3 N–H and O–H groups in total. The fourth-order valence-corrected chi connectivity index (χ4v) is 3.30. The maximum atomic E-state index is 12.3. The van der Waals surface area contributed by atoms with Gasteiger partial charge >= 0.3 is 6.03 Å². The van der Waals surface area contributed by atoms with Gasteiger partial charge in [-0.15, -0.1) is 0 Å². The molecule has 146 valence electrons. The number of carbonyl (C=O) groups excluding carboxylic acids is 3. The minimum Gasteiger partial charge on any atom is -0.349 e. The van der Waals surface area contributed by atoms with Crippen LogP contribution in [-0.4, -0.2) is 23.8 Å². The number of hydrogen-bond acceptors (Lipinski definition) is 3. The Morgan fingerprint density at radius 2 is 1.25 bits per heavy atom. The maximum absolute atomic E-state index is 12.3. The fraction of sp³-hybridized carbons (Fsp3) is 0.318. The van der Waals surface area contributed by atoms with Gasteiger partial charge in [0.05, 0.1) is 0 Å². The van der Waals surface area contributed by atoms with Gasteiger partial charge in [-0.25, -0.2) is 4.79 Å². The van der Waals surface area contributed by atoms with E-state index in [-0.39, 0.29) is 17.7 Å². The van der Waals surface area contributed by atoms with E-state index in [4.69, 9.17) is 0 Å². The first-order valence-electron chi connectivity index (χ1n) is 9.61. The van der Waals surface area contributed by atoms with E-state index in [1.54, 1.807) is 48.5 Å². The van der Waals surface area contributed by atoms with Gasteiger partial charge in [-0.05, 0) is 68.3 Å². The monoisotopic (exact) mass is 379 g/mol. The summed E-state index contributed by atoms with van der Waals surface area (Å²) in [6.45, 7) is 1.49. The summed E-state index contributed by atoms with van der Waals surface area (Å²) in [6, 6.07) is 13.4. The molecule has 2 aromatic rings. The zero-order valence-corrected chi connectivity index (χ0v) is 16.0. The van der Waals surface area contributed by atoms with Crippen molar-refractivity contribution in [3.05, 3.63) is 59.7 Å². The molecule has 28 heavy (non-hydrogen) atoms. The number of hydrogen-bond donors (Lipinski definition) is 3. The highest BCUT2D eigenvalue weighted by Crippen LogP contribution is 2.18. The molecule has 6 heteroatoms. The first kappa shape index (κ1) is 19.6. The highest BCUT2D eigenvalue weighted by atomic mass is 16.2. The number of anilines is 2. The third-order valence-electron chi connectivity index (χ3n) is 4.89. The summed E-state index contributed by atoms with van der Waals surface area (Å²) in [5.74, 6) is -0.0999. The smallest absolute Gasteiger partial charge is 0.323 e. The molecular weight excluding hydrogens is 354 g/mol. The molecule has 1 aliphatic rings. The van der Waals surface area contributed by atoms with Gasteiger partial charge in [-0.3, -0.25) is 9.59 Å². The zero-order chi connectivity index (χ0) is 19.9. The molecule has 0 saturated heterocycles. The van der Waals surface area contributed by atoms with Crippen LogP contribution in [0.3, 0.4) is 0 Å². The van der Waals surface area contributed by atoms with Crippen molar-refractivity contribution in [2.45, 2.75) is 45.1 Å². The summed E-state index contributed by atoms with van der Waals surface area (Å²) in [6.07, 6.45) is 5.66. The zero-order valence-electron chi connectivity index (χ0n) is 16.0. The number of urea groups is 1. The van der Waals surface area contributed by atoms with Crippen LogP contribution in [0.2, 0.25) is 0 Å². The Hall–Kier alpha value is -3.15. The lowest BCUT2D eigenvalue weighted by Gasteiger charge is -2.22. The Morgan fingerprint density at radius 1 is 0.750 bits per heavy atom. The number of nitrogens with one attached hydrogen (secondary N) is 3. The number of carbonyl (C=O) groups is 3. The van der Waals surface area contributed by atoms with Crippen LogP contribution < -0.4 is 16.0 Å². The van der Waals surface area contributed by atoms with Crippen LogP contribution >= 0.6 is 0 Å². The van der Waals surface area contributed by atoms with Gasteiger partial charge in [-0.2, -0.15) is 0 Å². The second-order valence-electron chi connectivity index (χ2n) is 7.10. The van der Waals surface area contributed by atoms with Crippen LogP contribution in [0.4, 0.5) is 16.2 Å². The molecular formula is C22H25N3O3. The van der Waals surface area contributed by atoms with E-state index in [0.29, 0.717) is 22.5 Å². The van der Waals surface area contributed by atoms with Crippen molar-refractivity contribution in [1.82, 2.24) is 5.32 Å². The van der Waals surface area contributed by atoms with Crippen molar-refractivity contribution in [1.29, 1.82) is 0 Å². The summed E-state index contributed by atoms with van der Waals surface area (Å²) < 4.78 is 0. The quantitative estimate of drug-likeness (QED) is 0.664. The standard InChI is InChI=1S/C22H25N3O3/c1-15(26)16-7-11-19(12-8-16)24-22(28)25-20-13-9-17(10-14-20)21(27)23-18-5-3-2-4-6-18/h7-14,18H,2-6H2,1H3,(H,23,27)(H2,24,25,28). The van der Waals surface area contributed by atoms with Gasteiger partial charge in [0, 0.05) is 28.5 Å². The van der Waals surface area contributed by atoms with E-state index in [2.05, 4.69) is 16.0 Å². The number of amides is 3. The van der Waals surface area contributed by atoms with Gasteiger partial charge in [0.15, 0.2) is 5.78 Å². The average molecular weight is 379 g/mol. The Balaban J connectivity index is 1.52. The third-order valence-corrected chi connectivity index (χ3v) is 4.89.